The molecular formula is C23H28N2O5. The van der Waals surface area contributed by atoms with Crippen LogP contribution in [0.2, 0.25) is 0 Å². The molecule has 1 heterocycles. The average molecular weight is 412 g/mol. The first-order chi connectivity index (χ1) is 14.2. The monoisotopic (exact) mass is 412 g/mol. The lowest BCUT2D eigenvalue weighted by Gasteiger charge is -2.32. The van der Waals surface area contributed by atoms with Gasteiger partial charge in [-0.2, -0.15) is 0 Å². The lowest BCUT2D eigenvalue weighted by atomic mass is 9.75. The largest absolute Gasteiger partial charge is 0.395 e. The summed E-state index contributed by atoms with van der Waals surface area (Å²) in [4.78, 5) is 40.7. The quantitative estimate of drug-likeness (QED) is 0.753. The molecule has 0 saturated heterocycles. The molecule has 1 amide bonds. The van der Waals surface area contributed by atoms with Gasteiger partial charge in [-0.05, 0) is 37.0 Å². The molecule has 1 aromatic heterocycles. The van der Waals surface area contributed by atoms with Crippen LogP contribution in [0.3, 0.4) is 0 Å². The van der Waals surface area contributed by atoms with E-state index in [2.05, 4.69) is 0 Å². The van der Waals surface area contributed by atoms with Crippen molar-refractivity contribution in [2.75, 3.05) is 26.3 Å². The molecule has 2 N–H and O–H groups in total. The zero-order valence-electron chi connectivity index (χ0n) is 17.6. The molecule has 0 saturated carbocycles. The number of rotatable bonds is 6. The number of aliphatic hydroxyl groups excluding tert-OH is 2. The Labute approximate surface area is 175 Å². The summed E-state index contributed by atoms with van der Waals surface area (Å²) in [5.74, 6) is -0.712. The van der Waals surface area contributed by atoms with Gasteiger partial charge in [0, 0.05) is 36.5 Å². The van der Waals surface area contributed by atoms with Crippen molar-refractivity contribution in [3.8, 4) is 5.69 Å². The highest BCUT2D eigenvalue weighted by Gasteiger charge is 2.35. The molecule has 0 spiro atoms. The minimum Gasteiger partial charge on any atom is -0.395 e. The molecule has 0 aliphatic heterocycles. The number of aromatic nitrogens is 1. The maximum Gasteiger partial charge on any atom is 0.268 e. The number of amides is 1. The van der Waals surface area contributed by atoms with E-state index in [1.54, 1.807) is 12.1 Å². The molecule has 0 bridgehead atoms. The van der Waals surface area contributed by atoms with Crippen LogP contribution in [-0.2, 0) is 6.42 Å². The molecule has 30 heavy (non-hydrogen) atoms. The van der Waals surface area contributed by atoms with E-state index in [0.29, 0.717) is 29.8 Å². The zero-order chi connectivity index (χ0) is 22.1. The fourth-order valence-electron chi connectivity index (χ4n) is 3.96. The SMILES string of the molecule is Cc1ccc(-n2c3c(cc(C(=O)N(CCO)CCO)c2=O)C(=O)CC(C)(C)C3)cc1. The smallest absolute Gasteiger partial charge is 0.268 e. The van der Waals surface area contributed by atoms with Crippen LogP contribution in [0.1, 0.15) is 52.2 Å². The summed E-state index contributed by atoms with van der Waals surface area (Å²) in [6.07, 6.45) is 0.860. The minimum atomic E-state index is -0.607. The van der Waals surface area contributed by atoms with E-state index in [1.165, 1.54) is 15.5 Å². The number of nitrogens with zero attached hydrogens (tertiary/aromatic N) is 2. The summed E-state index contributed by atoms with van der Waals surface area (Å²) in [6, 6.07) is 8.75. The van der Waals surface area contributed by atoms with Gasteiger partial charge in [0.05, 0.1) is 13.2 Å². The first kappa shape index (κ1) is 21.9. The number of benzene rings is 1. The van der Waals surface area contributed by atoms with E-state index in [4.69, 9.17) is 0 Å². The summed E-state index contributed by atoms with van der Waals surface area (Å²) in [7, 11) is 0. The molecule has 0 atom stereocenters. The molecule has 160 valence electrons. The number of ketones is 1. The predicted octanol–water partition coefficient (Wildman–Crippen LogP) is 1.73. The lowest BCUT2D eigenvalue weighted by Crippen LogP contribution is -2.42. The third kappa shape index (κ3) is 4.22. The number of fused-ring (bicyclic) bond motifs is 1. The van der Waals surface area contributed by atoms with Gasteiger partial charge in [-0.3, -0.25) is 19.0 Å². The van der Waals surface area contributed by atoms with Crippen molar-refractivity contribution < 1.29 is 19.8 Å². The number of carbonyl (C=O) groups excluding carboxylic acids is 2. The maximum absolute atomic E-state index is 13.5. The number of aliphatic hydroxyl groups is 2. The topological polar surface area (TPSA) is 99.8 Å². The van der Waals surface area contributed by atoms with Crippen molar-refractivity contribution in [3.63, 3.8) is 0 Å². The molecule has 1 aromatic carbocycles. The van der Waals surface area contributed by atoms with E-state index in [1.807, 2.05) is 32.9 Å². The van der Waals surface area contributed by atoms with Crippen LogP contribution in [-0.4, -0.2) is 57.7 Å². The van der Waals surface area contributed by atoms with Gasteiger partial charge in [0.25, 0.3) is 11.5 Å². The Morgan fingerprint density at radius 1 is 1.07 bits per heavy atom. The lowest BCUT2D eigenvalue weighted by molar-refractivity contribution is 0.0682. The van der Waals surface area contributed by atoms with Crippen molar-refractivity contribution in [1.82, 2.24) is 9.47 Å². The van der Waals surface area contributed by atoms with E-state index in [-0.39, 0.29) is 43.1 Å². The van der Waals surface area contributed by atoms with Crippen LogP contribution in [0, 0.1) is 12.3 Å². The van der Waals surface area contributed by atoms with E-state index >= 15 is 0 Å². The van der Waals surface area contributed by atoms with E-state index in [9.17, 15) is 24.6 Å². The number of carbonyl (C=O) groups is 2. The molecule has 1 aliphatic carbocycles. The Morgan fingerprint density at radius 2 is 1.67 bits per heavy atom. The second-order valence-corrected chi connectivity index (χ2v) is 8.57. The predicted molar refractivity (Wildman–Crippen MR) is 113 cm³/mol. The Morgan fingerprint density at radius 3 is 2.23 bits per heavy atom. The molecule has 1 aliphatic rings. The summed E-state index contributed by atoms with van der Waals surface area (Å²) >= 11 is 0. The number of hydrogen-bond acceptors (Lipinski definition) is 5. The fourth-order valence-corrected chi connectivity index (χ4v) is 3.96. The standard InChI is InChI=1S/C23H28N2O5/c1-15-4-6-16(7-5-15)25-19-13-23(2,3)14-20(28)17(19)12-18(22(25)30)21(29)24(8-10-26)9-11-27/h4-7,12,26-27H,8-11,13-14H2,1-3H3. The first-order valence-electron chi connectivity index (χ1n) is 10.1. The third-order valence-corrected chi connectivity index (χ3v) is 5.44. The Bertz CT molecular complexity index is 1020. The van der Waals surface area contributed by atoms with E-state index in [0.717, 1.165) is 5.56 Å². The minimum absolute atomic E-state index is 0.0125. The van der Waals surface area contributed by atoms with Gasteiger partial charge in [0.15, 0.2) is 5.78 Å². The molecule has 7 heteroatoms. The van der Waals surface area contributed by atoms with Crippen molar-refractivity contribution in [1.29, 1.82) is 0 Å². The normalized spacial score (nSPS) is 15.0. The van der Waals surface area contributed by atoms with Crippen molar-refractivity contribution in [2.24, 2.45) is 5.41 Å². The number of Topliss-reactive ketones (excluding diaryl/α,β-unsaturated/α-hetero) is 1. The Kier molecular flexibility index (Phi) is 6.24. The second kappa shape index (κ2) is 8.53. The van der Waals surface area contributed by atoms with Gasteiger partial charge in [-0.15, -0.1) is 0 Å². The van der Waals surface area contributed by atoms with Crippen molar-refractivity contribution >= 4 is 11.7 Å². The van der Waals surface area contributed by atoms with Gasteiger partial charge >= 0.3 is 0 Å². The molecular weight excluding hydrogens is 384 g/mol. The van der Waals surface area contributed by atoms with Crippen LogP contribution >= 0.6 is 0 Å². The van der Waals surface area contributed by atoms with Crippen LogP contribution in [0.25, 0.3) is 5.69 Å². The summed E-state index contributed by atoms with van der Waals surface area (Å²) in [5, 5.41) is 18.5. The third-order valence-electron chi connectivity index (χ3n) is 5.44. The van der Waals surface area contributed by atoms with Gasteiger partial charge in [0.1, 0.15) is 5.56 Å². The summed E-state index contributed by atoms with van der Waals surface area (Å²) < 4.78 is 1.47. The van der Waals surface area contributed by atoms with Crippen LogP contribution in [0.5, 0.6) is 0 Å². The van der Waals surface area contributed by atoms with Crippen LogP contribution < -0.4 is 5.56 Å². The molecule has 7 nitrogen and oxygen atoms in total. The first-order valence-corrected chi connectivity index (χ1v) is 10.1. The van der Waals surface area contributed by atoms with Gasteiger partial charge < -0.3 is 15.1 Å². The van der Waals surface area contributed by atoms with E-state index < -0.39 is 11.5 Å². The van der Waals surface area contributed by atoms with Gasteiger partial charge in [-0.1, -0.05) is 31.5 Å². The number of aryl methyl sites for hydroxylation is 1. The highest BCUT2D eigenvalue weighted by molar-refractivity contribution is 6.02. The fraction of sp³-hybridized carbons (Fsp3) is 0.435. The average Bonchev–Trinajstić information content (AvgIpc) is 2.67. The summed E-state index contributed by atoms with van der Waals surface area (Å²) in [6.45, 7) is 5.30. The highest BCUT2D eigenvalue weighted by atomic mass is 16.3. The van der Waals surface area contributed by atoms with Gasteiger partial charge in [-0.25, -0.2) is 0 Å². The highest BCUT2D eigenvalue weighted by Crippen LogP contribution is 2.35. The molecule has 0 fully saturated rings. The Hall–Kier alpha value is -2.77. The number of hydrogen-bond donors (Lipinski definition) is 2. The number of pyridine rings is 1. The molecule has 0 unspecified atom stereocenters. The van der Waals surface area contributed by atoms with Crippen LogP contribution in [0.4, 0.5) is 0 Å². The second-order valence-electron chi connectivity index (χ2n) is 8.57. The Balaban J connectivity index is 2.26. The molecule has 2 aromatic rings. The summed E-state index contributed by atoms with van der Waals surface area (Å²) in [5.41, 5.74) is 1.68. The zero-order valence-corrected chi connectivity index (χ0v) is 17.6. The van der Waals surface area contributed by atoms with Crippen LogP contribution in [0.15, 0.2) is 35.1 Å². The molecule has 3 rings (SSSR count). The van der Waals surface area contributed by atoms with Gasteiger partial charge in [0.2, 0.25) is 0 Å². The van der Waals surface area contributed by atoms with Crippen molar-refractivity contribution in [3.05, 3.63) is 63.1 Å². The van der Waals surface area contributed by atoms with Crippen molar-refractivity contribution in [2.45, 2.75) is 33.6 Å². The molecule has 0 radical (unpaired) electrons. The maximum atomic E-state index is 13.5.